The normalized spacial score (nSPS) is 23.1. The van der Waals surface area contributed by atoms with Crippen molar-refractivity contribution >= 4 is 0 Å². The third kappa shape index (κ3) is 3.61. The quantitative estimate of drug-likeness (QED) is 0.865. The summed E-state index contributed by atoms with van der Waals surface area (Å²) in [5.41, 5.74) is 1.14. The lowest BCUT2D eigenvalue weighted by Gasteiger charge is -2.30. The van der Waals surface area contributed by atoms with Gasteiger partial charge in [-0.15, -0.1) is 0 Å². The van der Waals surface area contributed by atoms with Crippen molar-refractivity contribution in [2.75, 3.05) is 40.5 Å². The molecule has 0 spiro atoms. The van der Waals surface area contributed by atoms with Crippen LogP contribution >= 0.6 is 0 Å². The van der Waals surface area contributed by atoms with Gasteiger partial charge < -0.3 is 19.1 Å². The number of rotatable bonds is 5. The van der Waals surface area contributed by atoms with Crippen molar-refractivity contribution in [3.63, 3.8) is 0 Å². The average molecular weight is 266 g/mol. The maximum absolute atomic E-state index is 5.91. The Morgan fingerprint density at radius 3 is 2.47 bits per heavy atom. The van der Waals surface area contributed by atoms with Gasteiger partial charge in [0.05, 0.1) is 27.4 Å². The van der Waals surface area contributed by atoms with E-state index in [1.54, 1.807) is 19.1 Å². The Morgan fingerprint density at radius 1 is 1.21 bits per heavy atom. The Labute approximate surface area is 115 Å². The summed E-state index contributed by atoms with van der Waals surface area (Å²) in [6.07, 6.45) is 1.35. The van der Waals surface area contributed by atoms with Gasteiger partial charge in [-0.1, -0.05) is 6.92 Å². The minimum absolute atomic E-state index is 0.138. The Hall–Kier alpha value is -1.26. The molecule has 0 amide bonds. The van der Waals surface area contributed by atoms with Crippen LogP contribution < -0.4 is 14.4 Å². The van der Waals surface area contributed by atoms with Gasteiger partial charge in [0, 0.05) is 6.07 Å². The van der Waals surface area contributed by atoms with Gasteiger partial charge in [-0.3, -0.25) is 0 Å². The molecule has 2 atom stereocenters. The number of ether oxygens (including phenoxy) is 3. The summed E-state index contributed by atoms with van der Waals surface area (Å²) in [5.74, 6) is 1.64. The maximum Gasteiger partial charge on any atom is 0.132 e. The van der Waals surface area contributed by atoms with Gasteiger partial charge in [-0.05, 0) is 24.1 Å². The molecule has 0 saturated carbocycles. The highest BCUT2D eigenvalue weighted by Crippen LogP contribution is 2.28. The molecular formula is C15H24NO3+. The van der Waals surface area contributed by atoms with Crippen molar-refractivity contribution in [1.29, 1.82) is 0 Å². The molecule has 0 radical (unpaired) electrons. The molecule has 4 heteroatoms. The van der Waals surface area contributed by atoms with Gasteiger partial charge in [0.2, 0.25) is 0 Å². The summed E-state index contributed by atoms with van der Waals surface area (Å²) in [7, 11) is 3.35. The first-order valence-corrected chi connectivity index (χ1v) is 6.95. The number of benzene rings is 1. The fraction of sp³-hybridized carbons (Fsp3) is 0.600. The van der Waals surface area contributed by atoms with Crippen molar-refractivity contribution < 1.29 is 19.1 Å². The molecule has 1 fully saturated rings. The number of hydrogen-bond donors (Lipinski definition) is 1. The first kappa shape index (κ1) is 14.2. The zero-order valence-corrected chi connectivity index (χ0v) is 12.1. The van der Waals surface area contributed by atoms with E-state index in [0.29, 0.717) is 0 Å². The smallest absolute Gasteiger partial charge is 0.132 e. The molecular weight excluding hydrogens is 242 g/mol. The third-order valence-electron chi connectivity index (χ3n) is 3.60. The summed E-state index contributed by atoms with van der Waals surface area (Å²) in [6, 6.07) is 5.98. The highest BCUT2D eigenvalue weighted by molar-refractivity contribution is 5.39. The van der Waals surface area contributed by atoms with Crippen LogP contribution in [-0.2, 0) is 4.74 Å². The molecule has 1 aromatic carbocycles. The fourth-order valence-electron chi connectivity index (χ4n) is 2.58. The Balaban J connectivity index is 2.15. The van der Waals surface area contributed by atoms with Crippen molar-refractivity contribution in [3.05, 3.63) is 23.8 Å². The van der Waals surface area contributed by atoms with Crippen LogP contribution in [0, 0.1) is 0 Å². The van der Waals surface area contributed by atoms with Crippen molar-refractivity contribution in [2.45, 2.75) is 19.4 Å². The van der Waals surface area contributed by atoms with E-state index in [9.17, 15) is 0 Å². The fourth-order valence-corrected chi connectivity index (χ4v) is 2.58. The number of hydrogen-bond acceptors (Lipinski definition) is 3. The molecule has 106 valence electrons. The molecule has 2 unspecified atom stereocenters. The van der Waals surface area contributed by atoms with Crippen LogP contribution in [0.25, 0.3) is 0 Å². The molecule has 1 aromatic rings. The van der Waals surface area contributed by atoms with Crippen LogP contribution in [-0.4, -0.2) is 40.5 Å². The van der Waals surface area contributed by atoms with E-state index < -0.39 is 0 Å². The number of quaternary nitrogens is 1. The molecule has 19 heavy (non-hydrogen) atoms. The minimum Gasteiger partial charge on any atom is -0.497 e. The standard InChI is InChI=1S/C15H23NO3/c1-4-5-16-6-7-19-15(11-16)12-8-13(17-2)10-14(9-12)18-3/h8-10,15H,4-7,11H2,1-3H3/p+1. The Kier molecular flexibility index (Phi) is 5.05. The molecule has 0 aromatic heterocycles. The number of morpholine rings is 1. The molecule has 0 bridgehead atoms. The van der Waals surface area contributed by atoms with Gasteiger partial charge in [0.15, 0.2) is 0 Å². The van der Waals surface area contributed by atoms with Gasteiger partial charge >= 0.3 is 0 Å². The predicted molar refractivity (Wildman–Crippen MR) is 74.1 cm³/mol. The third-order valence-corrected chi connectivity index (χ3v) is 3.60. The Bertz CT molecular complexity index is 384. The van der Waals surface area contributed by atoms with Gasteiger partial charge in [-0.25, -0.2) is 0 Å². The van der Waals surface area contributed by atoms with Crippen LogP contribution in [0.4, 0.5) is 0 Å². The highest BCUT2D eigenvalue weighted by atomic mass is 16.5. The monoisotopic (exact) mass is 266 g/mol. The molecule has 1 aliphatic heterocycles. The van der Waals surface area contributed by atoms with Crippen LogP contribution in [0.3, 0.4) is 0 Å². The first-order valence-electron chi connectivity index (χ1n) is 6.95. The van der Waals surface area contributed by atoms with E-state index in [4.69, 9.17) is 14.2 Å². The van der Waals surface area contributed by atoms with Crippen molar-refractivity contribution in [1.82, 2.24) is 0 Å². The first-order chi connectivity index (χ1) is 9.26. The molecule has 0 aliphatic carbocycles. The second-order valence-electron chi connectivity index (χ2n) is 4.96. The summed E-state index contributed by atoms with van der Waals surface area (Å²) < 4.78 is 16.5. The van der Waals surface area contributed by atoms with Gasteiger partial charge in [-0.2, -0.15) is 0 Å². The summed E-state index contributed by atoms with van der Waals surface area (Å²) in [5, 5.41) is 0. The second-order valence-corrected chi connectivity index (χ2v) is 4.96. The van der Waals surface area contributed by atoms with Crippen LogP contribution in [0.1, 0.15) is 25.0 Å². The minimum atomic E-state index is 0.138. The predicted octanol–water partition coefficient (Wildman–Crippen LogP) is 1.07. The molecule has 1 aliphatic rings. The lowest BCUT2D eigenvalue weighted by molar-refractivity contribution is -0.912. The summed E-state index contributed by atoms with van der Waals surface area (Å²) >= 11 is 0. The lowest BCUT2D eigenvalue weighted by atomic mass is 10.1. The SMILES string of the molecule is CCC[NH+]1CCOC(c2cc(OC)cc(OC)c2)C1. The largest absolute Gasteiger partial charge is 0.497 e. The van der Waals surface area contributed by atoms with Gasteiger partial charge in [0.1, 0.15) is 30.7 Å². The molecule has 1 heterocycles. The van der Waals surface area contributed by atoms with E-state index in [2.05, 4.69) is 6.92 Å². The number of methoxy groups -OCH3 is 2. The molecule has 1 N–H and O–H groups in total. The van der Waals surface area contributed by atoms with E-state index in [-0.39, 0.29) is 6.10 Å². The van der Waals surface area contributed by atoms with Gasteiger partial charge in [0.25, 0.3) is 0 Å². The van der Waals surface area contributed by atoms with E-state index in [1.165, 1.54) is 13.0 Å². The average Bonchev–Trinajstić information content (AvgIpc) is 2.47. The van der Waals surface area contributed by atoms with Crippen LogP contribution in [0.5, 0.6) is 11.5 Å². The lowest BCUT2D eigenvalue weighted by Crippen LogP contribution is -3.14. The van der Waals surface area contributed by atoms with Crippen molar-refractivity contribution in [2.24, 2.45) is 0 Å². The second kappa shape index (κ2) is 6.78. The Morgan fingerprint density at radius 2 is 1.89 bits per heavy atom. The van der Waals surface area contributed by atoms with Crippen LogP contribution in [0.15, 0.2) is 18.2 Å². The van der Waals surface area contributed by atoms with Crippen molar-refractivity contribution in [3.8, 4) is 11.5 Å². The van der Waals surface area contributed by atoms with E-state index >= 15 is 0 Å². The molecule has 1 saturated heterocycles. The van der Waals surface area contributed by atoms with Crippen LogP contribution in [0.2, 0.25) is 0 Å². The van der Waals surface area contributed by atoms with E-state index in [0.717, 1.165) is 36.8 Å². The number of nitrogens with one attached hydrogen (secondary N) is 1. The highest BCUT2D eigenvalue weighted by Gasteiger charge is 2.25. The molecule has 4 nitrogen and oxygen atoms in total. The van der Waals surface area contributed by atoms with E-state index in [1.807, 2.05) is 18.2 Å². The molecule has 2 rings (SSSR count). The topological polar surface area (TPSA) is 32.1 Å². The zero-order chi connectivity index (χ0) is 13.7. The maximum atomic E-state index is 5.91. The zero-order valence-electron chi connectivity index (χ0n) is 12.1. The summed E-state index contributed by atoms with van der Waals surface area (Å²) in [4.78, 5) is 1.61. The summed E-state index contributed by atoms with van der Waals surface area (Å²) in [6.45, 7) is 6.38.